The smallest absolute Gasteiger partial charge is 0.303 e. The molecule has 3 aromatic heterocycles. The fraction of sp³-hybridized carbons (Fsp3) is 0.368. The third kappa shape index (κ3) is 3.32. The van der Waals surface area contributed by atoms with Crippen LogP contribution < -0.4 is 5.32 Å². The van der Waals surface area contributed by atoms with E-state index in [2.05, 4.69) is 10.4 Å². The number of carboxylic acids is 1. The lowest BCUT2D eigenvalue weighted by Gasteiger charge is -2.35. The van der Waals surface area contributed by atoms with Gasteiger partial charge in [-0.3, -0.25) is 14.3 Å². The van der Waals surface area contributed by atoms with E-state index in [1.54, 1.807) is 16.0 Å². The van der Waals surface area contributed by atoms with Gasteiger partial charge >= 0.3 is 5.97 Å². The van der Waals surface area contributed by atoms with Crippen molar-refractivity contribution in [2.24, 2.45) is 13.0 Å². The molecule has 0 unspecified atom stereocenters. The summed E-state index contributed by atoms with van der Waals surface area (Å²) in [6.45, 7) is 1.87. The summed E-state index contributed by atoms with van der Waals surface area (Å²) in [5.74, 6) is -0.797. The fourth-order valence-electron chi connectivity index (χ4n) is 3.70. The van der Waals surface area contributed by atoms with Crippen molar-refractivity contribution in [1.82, 2.24) is 20.1 Å². The van der Waals surface area contributed by atoms with Crippen LogP contribution in [0, 0.1) is 12.8 Å². The maximum atomic E-state index is 13.0. The van der Waals surface area contributed by atoms with Crippen LogP contribution in [0.4, 0.5) is 0 Å². The van der Waals surface area contributed by atoms with Crippen LogP contribution in [0.25, 0.3) is 21.6 Å². The van der Waals surface area contributed by atoms with Gasteiger partial charge in [-0.1, -0.05) is 6.07 Å². The van der Waals surface area contributed by atoms with Crippen LogP contribution in [-0.4, -0.2) is 37.8 Å². The summed E-state index contributed by atoms with van der Waals surface area (Å²) in [4.78, 5) is 29.5. The molecule has 0 spiro atoms. The van der Waals surface area contributed by atoms with E-state index in [0.29, 0.717) is 24.1 Å². The number of aromatic nitrogens is 3. The van der Waals surface area contributed by atoms with Crippen LogP contribution in [0.2, 0.25) is 0 Å². The van der Waals surface area contributed by atoms with Crippen molar-refractivity contribution in [3.05, 3.63) is 34.8 Å². The zero-order valence-electron chi connectivity index (χ0n) is 15.1. The molecule has 140 valence electrons. The molecule has 0 aromatic carbocycles. The highest BCUT2D eigenvalue weighted by Crippen LogP contribution is 2.32. The van der Waals surface area contributed by atoms with Crippen LogP contribution in [0.15, 0.2) is 23.6 Å². The zero-order valence-corrected chi connectivity index (χ0v) is 15.9. The van der Waals surface area contributed by atoms with Crippen molar-refractivity contribution >= 4 is 34.2 Å². The van der Waals surface area contributed by atoms with E-state index >= 15 is 0 Å². The number of fused-ring (bicyclic) bond motifs is 1. The Morgan fingerprint density at radius 2 is 2.19 bits per heavy atom. The maximum absolute atomic E-state index is 13.0. The number of carbonyl (C=O) groups is 2. The highest BCUT2D eigenvalue weighted by atomic mass is 32.1. The van der Waals surface area contributed by atoms with E-state index < -0.39 is 5.97 Å². The van der Waals surface area contributed by atoms with Crippen molar-refractivity contribution in [3.8, 4) is 10.6 Å². The van der Waals surface area contributed by atoms with E-state index in [1.807, 2.05) is 37.6 Å². The number of hydrogen-bond donors (Lipinski definition) is 2. The molecular formula is C19H20N4O3S. The molecule has 2 N–H and O–H groups in total. The highest BCUT2D eigenvalue weighted by molar-refractivity contribution is 7.13. The second-order valence-corrected chi connectivity index (χ2v) is 7.99. The lowest BCUT2D eigenvalue weighted by molar-refractivity contribution is -0.138. The first-order valence-electron chi connectivity index (χ1n) is 8.83. The van der Waals surface area contributed by atoms with Crippen molar-refractivity contribution in [3.63, 3.8) is 0 Å². The van der Waals surface area contributed by atoms with E-state index in [-0.39, 0.29) is 24.3 Å². The van der Waals surface area contributed by atoms with Gasteiger partial charge in [-0.2, -0.15) is 5.10 Å². The molecule has 3 aromatic rings. The highest BCUT2D eigenvalue weighted by Gasteiger charge is 2.32. The molecule has 7 nitrogen and oxygen atoms in total. The zero-order chi connectivity index (χ0) is 19.1. The Labute approximate surface area is 160 Å². The molecule has 0 aliphatic heterocycles. The summed E-state index contributed by atoms with van der Waals surface area (Å²) in [6, 6.07) is 5.78. The molecule has 1 saturated carbocycles. The lowest BCUT2D eigenvalue weighted by Crippen LogP contribution is -2.44. The lowest BCUT2D eigenvalue weighted by atomic mass is 9.78. The predicted octanol–water partition coefficient (Wildman–Crippen LogP) is 2.99. The van der Waals surface area contributed by atoms with Crippen LogP contribution in [0.3, 0.4) is 0 Å². The minimum absolute atomic E-state index is 0.0206. The molecule has 4 rings (SSSR count). The number of hydrogen-bond acceptors (Lipinski definition) is 5. The summed E-state index contributed by atoms with van der Waals surface area (Å²) in [5, 5.41) is 19.1. The van der Waals surface area contributed by atoms with Gasteiger partial charge in [0.05, 0.1) is 27.2 Å². The van der Waals surface area contributed by atoms with E-state index in [9.17, 15) is 9.59 Å². The van der Waals surface area contributed by atoms with Crippen LogP contribution in [0.1, 0.15) is 35.3 Å². The largest absolute Gasteiger partial charge is 0.481 e. The molecule has 1 aliphatic carbocycles. The van der Waals surface area contributed by atoms with Gasteiger partial charge in [0.1, 0.15) is 0 Å². The first kappa shape index (κ1) is 17.7. The van der Waals surface area contributed by atoms with Gasteiger partial charge in [0.25, 0.3) is 5.91 Å². The molecule has 1 fully saturated rings. The second kappa shape index (κ2) is 6.77. The molecule has 1 aliphatic rings. The number of aryl methyl sites for hydroxylation is 2. The topological polar surface area (TPSA) is 97.1 Å². The van der Waals surface area contributed by atoms with Crippen LogP contribution in [0.5, 0.6) is 0 Å². The van der Waals surface area contributed by atoms with Crippen molar-refractivity contribution in [2.75, 3.05) is 0 Å². The Hall–Kier alpha value is -2.74. The Bertz CT molecular complexity index is 1020. The first-order chi connectivity index (χ1) is 12.9. The van der Waals surface area contributed by atoms with Crippen LogP contribution in [-0.2, 0) is 11.8 Å². The van der Waals surface area contributed by atoms with Gasteiger partial charge in [0, 0.05) is 19.5 Å². The molecule has 0 saturated heterocycles. The minimum Gasteiger partial charge on any atom is -0.481 e. The number of carbonyl (C=O) groups excluding carboxylic acids is 1. The third-order valence-electron chi connectivity index (χ3n) is 5.02. The standard InChI is InChI=1S/C19H20N4O3S/c1-10-17-13(19(26)20-12-6-11(7-12)8-16(24)25)9-14(15-4-3-5-27-15)21-18(17)23(2)22-10/h3-5,9,11-12H,6-8H2,1-2H3,(H,20,26)(H,24,25). The van der Waals surface area contributed by atoms with Crippen molar-refractivity contribution in [1.29, 1.82) is 0 Å². The third-order valence-corrected chi connectivity index (χ3v) is 5.91. The summed E-state index contributed by atoms with van der Waals surface area (Å²) in [6.07, 6.45) is 1.57. The summed E-state index contributed by atoms with van der Waals surface area (Å²) >= 11 is 1.57. The summed E-state index contributed by atoms with van der Waals surface area (Å²) in [5.41, 5.74) is 2.76. The Kier molecular flexibility index (Phi) is 4.43. The normalized spacial score (nSPS) is 19.0. The van der Waals surface area contributed by atoms with E-state index in [0.717, 1.165) is 21.7 Å². The Morgan fingerprint density at radius 3 is 2.85 bits per heavy atom. The molecular weight excluding hydrogens is 364 g/mol. The quantitative estimate of drug-likeness (QED) is 0.705. The van der Waals surface area contributed by atoms with Crippen molar-refractivity contribution < 1.29 is 14.7 Å². The first-order valence-corrected chi connectivity index (χ1v) is 9.71. The Morgan fingerprint density at radius 1 is 1.41 bits per heavy atom. The molecule has 27 heavy (non-hydrogen) atoms. The molecule has 0 bridgehead atoms. The minimum atomic E-state index is -0.785. The van der Waals surface area contributed by atoms with E-state index in [4.69, 9.17) is 10.1 Å². The van der Waals surface area contributed by atoms with Gasteiger partial charge in [-0.05, 0) is 43.2 Å². The number of amides is 1. The molecule has 0 radical (unpaired) electrons. The van der Waals surface area contributed by atoms with Gasteiger partial charge in [-0.25, -0.2) is 4.98 Å². The summed E-state index contributed by atoms with van der Waals surface area (Å²) < 4.78 is 1.70. The number of nitrogens with one attached hydrogen (secondary N) is 1. The molecule has 1 amide bonds. The number of thiophene rings is 1. The maximum Gasteiger partial charge on any atom is 0.303 e. The van der Waals surface area contributed by atoms with Gasteiger partial charge < -0.3 is 10.4 Å². The van der Waals surface area contributed by atoms with E-state index in [1.165, 1.54) is 0 Å². The number of nitrogens with zero attached hydrogens (tertiary/aromatic N) is 3. The average molecular weight is 384 g/mol. The Balaban J connectivity index is 1.64. The number of aliphatic carboxylic acids is 1. The average Bonchev–Trinajstić information content (AvgIpc) is 3.21. The molecule has 3 heterocycles. The molecule has 0 atom stereocenters. The van der Waals surface area contributed by atoms with Gasteiger partial charge in [0.15, 0.2) is 5.65 Å². The number of pyridine rings is 1. The van der Waals surface area contributed by atoms with Crippen LogP contribution >= 0.6 is 11.3 Å². The fourth-order valence-corrected chi connectivity index (χ4v) is 4.39. The second-order valence-electron chi connectivity index (χ2n) is 7.05. The summed E-state index contributed by atoms with van der Waals surface area (Å²) in [7, 11) is 1.82. The predicted molar refractivity (Wildman–Crippen MR) is 103 cm³/mol. The van der Waals surface area contributed by atoms with Gasteiger partial charge in [-0.15, -0.1) is 11.3 Å². The monoisotopic (exact) mass is 384 g/mol. The van der Waals surface area contributed by atoms with Gasteiger partial charge in [0.2, 0.25) is 0 Å². The number of carboxylic acid groups (broad SMARTS) is 1. The number of rotatable bonds is 5. The van der Waals surface area contributed by atoms with Crippen molar-refractivity contribution in [2.45, 2.75) is 32.2 Å². The SMILES string of the molecule is Cc1nn(C)c2nc(-c3cccs3)cc(C(=O)NC3CC(CC(=O)O)C3)c12. The molecule has 8 heteroatoms.